The van der Waals surface area contributed by atoms with Gasteiger partial charge in [-0.15, -0.1) is 11.3 Å². The van der Waals surface area contributed by atoms with Gasteiger partial charge < -0.3 is 15.7 Å². The van der Waals surface area contributed by atoms with Gasteiger partial charge >= 0.3 is 5.97 Å². The summed E-state index contributed by atoms with van der Waals surface area (Å²) in [7, 11) is 0. The van der Waals surface area contributed by atoms with Crippen LogP contribution in [-0.4, -0.2) is 27.9 Å². The number of nitrogens with zero attached hydrogens (tertiary/aromatic N) is 2. The molecule has 19 heavy (non-hydrogen) atoms. The zero-order valence-electron chi connectivity index (χ0n) is 10.7. The molecule has 6 nitrogen and oxygen atoms in total. The third kappa shape index (κ3) is 3.66. The Kier molecular flexibility index (Phi) is 4.36. The number of rotatable bonds is 4. The fourth-order valence-corrected chi connectivity index (χ4v) is 2.74. The maximum atomic E-state index is 11.2. The summed E-state index contributed by atoms with van der Waals surface area (Å²) in [5.41, 5.74) is 5.55. The SMILES string of the molecule is C[C@H]1CCC[C@H](O/N=C(\C(=O)O)c2csc(N)n2)C1. The van der Waals surface area contributed by atoms with E-state index >= 15 is 0 Å². The van der Waals surface area contributed by atoms with Crippen molar-refractivity contribution in [3.05, 3.63) is 11.1 Å². The molecule has 1 aliphatic rings. The van der Waals surface area contributed by atoms with Crippen LogP contribution in [0.15, 0.2) is 10.5 Å². The molecule has 1 fully saturated rings. The average molecular weight is 283 g/mol. The zero-order valence-corrected chi connectivity index (χ0v) is 11.5. The Hall–Kier alpha value is -1.63. The quantitative estimate of drug-likeness (QED) is 0.651. The molecule has 0 amide bonds. The van der Waals surface area contributed by atoms with Crippen molar-refractivity contribution in [2.45, 2.75) is 38.7 Å². The van der Waals surface area contributed by atoms with Crippen molar-refractivity contribution in [1.29, 1.82) is 0 Å². The van der Waals surface area contributed by atoms with Crippen molar-refractivity contribution >= 4 is 28.1 Å². The van der Waals surface area contributed by atoms with Crippen LogP contribution in [0.4, 0.5) is 5.13 Å². The van der Waals surface area contributed by atoms with Crippen LogP contribution in [0, 0.1) is 5.92 Å². The predicted octanol–water partition coefficient (Wildman–Crippen LogP) is 2.11. The van der Waals surface area contributed by atoms with Crippen LogP contribution in [0.1, 0.15) is 38.3 Å². The average Bonchev–Trinajstić information content (AvgIpc) is 2.76. The van der Waals surface area contributed by atoms with E-state index in [2.05, 4.69) is 17.1 Å². The molecule has 7 heteroatoms. The van der Waals surface area contributed by atoms with Gasteiger partial charge in [0, 0.05) is 5.38 Å². The molecule has 0 spiro atoms. The lowest BCUT2D eigenvalue weighted by molar-refractivity contribution is -0.129. The van der Waals surface area contributed by atoms with Gasteiger partial charge in [0.05, 0.1) is 0 Å². The number of carboxylic acids is 1. The second-order valence-electron chi connectivity index (χ2n) is 4.82. The van der Waals surface area contributed by atoms with Gasteiger partial charge in [-0.05, 0) is 25.2 Å². The molecule has 0 saturated heterocycles. The van der Waals surface area contributed by atoms with E-state index in [1.54, 1.807) is 5.38 Å². The van der Waals surface area contributed by atoms with Crippen LogP contribution < -0.4 is 5.73 Å². The van der Waals surface area contributed by atoms with Gasteiger partial charge in [-0.2, -0.15) is 0 Å². The molecule has 2 rings (SSSR count). The Morgan fingerprint density at radius 1 is 1.63 bits per heavy atom. The number of carboxylic acid groups (broad SMARTS) is 1. The first-order valence-electron chi connectivity index (χ1n) is 6.24. The van der Waals surface area contributed by atoms with Crippen LogP contribution in [0.5, 0.6) is 0 Å². The van der Waals surface area contributed by atoms with Crippen LogP contribution in [0.2, 0.25) is 0 Å². The van der Waals surface area contributed by atoms with Crippen molar-refractivity contribution in [1.82, 2.24) is 4.98 Å². The maximum Gasteiger partial charge on any atom is 0.360 e. The maximum absolute atomic E-state index is 11.2. The van der Waals surface area contributed by atoms with Crippen LogP contribution in [0.3, 0.4) is 0 Å². The Morgan fingerprint density at radius 2 is 2.42 bits per heavy atom. The van der Waals surface area contributed by atoms with E-state index in [-0.39, 0.29) is 17.5 Å². The van der Waals surface area contributed by atoms with E-state index in [1.807, 2.05) is 0 Å². The van der Waals surface area contributed by atoms with E-state index in [1.165, 1.54) is 17.8 Å². The van der Waals surface area contributed by atoms with Gasteiger partial charge in [0.2, 0.25) is 5.71 Å². The first-order chi connectivity index (χ1) is 9.06. The molecule has 3 N–H and O–H groups in total. The Balaban J connectivity index is 2.07. The topological polar surface area (TPSA) is 97.8 Å². The minimum Gasteiger partial charge on any atom is -0.476 e. The van der Waals surface area contributed by atoms with Gasteiger partial charge in [-0.3, -0.25) is 0 Å². The number of thiazole rings is 1. The van der Waals surface area contributed by atoms with Gasteiger partial charge in [-0.1, -0.05) is 18.5 Å². The molecule has 2 atom stereocenters. The van der Waals surface area contributed by atoms with Crippen molar-refractivity contribution in [3.8, 4) is 0 Å². The molecule has 0 radical (unpaired) electrons. The second kappa shape index (κ2) is 6.01. The van der Waals surface area contributed by atoms with E-state index in [0.29, 0.717) is 11.0 Å². The summed E-state index contributed by atoms with van der Waals surface area (Å²) in [6.45, 7) is 2.17. The molecular weight excluding hydrogens is 266 g/mol. The Labute approximate surface area is 115 Å². The van der Waals surface area contributed by atoms with Gasteiger partial charge in [0.15, 0.2) is 5.13 Å². The molecule has 1 aromatic heterocycles. The van der Waals surface area contributed by atoms with E-state index in [4.69, 9.17) is 15.7 Å². The number of aliphatic carboxylic acids is 1. The number of carbonyl (C=O) groups is 1. The predicted molar refractivity (Wildman–Crippen MR) is 73.2 cm³/mol. The zero-order chi connectivity index (χ0) is 13.8. The highest BCUT2D eigenvalue weighted by molar-refractivity contribution is 7.13. The number of anilines is 1. The summed E-state index contributed by atoms with van der Waals surface area (Å²) >= 11 is 1.18. The molecule has 1 aromatic rings. The minimum atomic E-state index is -1.16. The second-order valence-corrected chi connectivity index (χ2v) is 5.70. The van der Waals surface area contributed by atoms with Crippen molar-refractivity contribution in [3.63, 3.8) is 0 Å². The molecule has 1 aliphatic carbocycles. The first-order valence-corrected chi connectivity index (χ1v) is 7.12. The van der Waals surface area contributed by atoms with Gasteiger partial charge in [0.1, 0.15) is 11.8 Å². The van der Waals surface area contributed by atoms with E-state index in [0.717, 1.165) is 19.3 Å². The Bertz CT molecular complexity index is 486. The summed E-state index contributed by atoms with van der Waals surface area (Å²) < 4.78 is 0. The highest BCUT2D eigenvalue weighted by atomic mass is 32.1. The number of nitrogens with two attached hydrogens (primary N) is 1. The fraction of sp³-hybridized carbons (Fsp3) is 0.583. The van der Waals surface area contributed by atoms with E-state index < -0.39 is 5.97 Å². The molecule has 0 aliphatic heterocycles. The lowest BCUT2D eigenvalue weighted by atomic mass is 9.89. The summed E-state index contributed by atoms with van der Waals surface area (Å²) in [5.74, 6) is -0.564. The molecule has 0 bridgehead atoms. The number of aromatic nitrogens is 1. The molecule has 104 valence electrons. The minimum absolute atomic E-state index is 0.00548. The van der Waals surface area contributed by atoms with Gasteiger partial charge in [-0.25, -0.2) is 9.78 Å². The van der Waals surface area contributed by atoms with Crippen molar-refractivity contribution in [2.24, 2.45) is 11.1 Å². The highest BCUT2D eigenvalue weighted by Crippen LogP contribution is 2.26. The first kappa shape index (κ1) is 13.8. The number of hydrogen-bond acceptors (Lipinski definition) is 6. The lowest BCUT2D eigenvalue weighted by Crippen LogP contribution is -2.22. The smallest absolute Gasteiger partial charge is 0.360 e. The van der Waals surface area contributed by atoms with Crippen LogP contribution in [0.25, 0.3) is 0 Å². The molecule has 1 saturated carbocycles. The standard InChI is InChI=1S/C12H17N3O3S/c1-7-3-2-4-8(5-7)18-15-10(11(16)17)9-6-19-12(13)14-9/h6-8H,2-5H2,1H3,(H2,13,14)(H,16,17)/b15-10-/t7-,8-/m0/s1. The normalized spacial score (nSPS) is 24.2. The van der Waals surface area contributed by atoms with Gasteiger partial charge in [0.25, 0.3) is 0 Å². The van der Waals surface area contributed by atoms with E-state index in [9.17, 15) is 4.79 Å². The Morgan fingerprint density at radius 3 is 3.00 bits per heavy atom. The third-order valence-electron chi connectivity index (χ3n) is 3.15. The molecule has 0 unspecified atom stereocenters. The summed E-state index contributed by atoms with van der Waals surface area (Å²) in [6, 6.07) is 0. The number of oxime groups is 1. The summed E-state index contributed by atoms with van der Waals surface area (Å²) in [5, 5.41) is 14.8. The third-order valence-corrected chi connectivity index (χ3v) is 3.82. The van der Waals surface area contributed by atoms with Crippen molar-refractivity contribution < 1.29 is 14.7 Å². The number of hydrogen-bond donors (Lipinski definition) is 2. The summed E-state index contributed by atoms with van der Waals surface area (Å²) in [6.07, 6.45) is 4.11. The fourth-order valence-electron chi connectivity index (χ4n) is 2.19. The van der Waals surface area contributed by atoms with Crippen molar-refractivity contribution in [2.75, 3.05) is 5.73 Å². The lowest BCUT2D eigenvalue weighted by Gasteiger charge is -2.24. The monoisotopic (exact) mass is 283 g/mol. The highest BCUT2D eigenvalue weighted by Gasteiger charge is 2.22. The van der Waals surface area contributed by atoms with Crippen LogP contribution >= 0.6 is 11.3 Å². The largest absolute Gasteiger partial charge is 0.476 e. The van der Waals surface area contributed by atoms with Crippen LogP contribution in [-0.2, 0) is 9.63 Å². The molecule has 1 heterocycles. The number of nitrogen functional groups attached to an aromatic ring is 1. The summed E-state index contributed by atoms with van der Waals surface area (Å²) in [4.78, 5) is 20.4. The molecular formula is C12H17N3O3S. The molecule has 0 aromatic carbocycles.